The number of nitrogens with one attached hydrogen (secondary N) is 3. The Morgan fingerprint density at radius 3 is 2.09 bits per heavy atom. The highest BCUT2D eigenvalue weighted by Gasteiger charge is 2.30. The lowest BCUT2D eigenvalue weighted by atomic mass is 9.96. The Labute approximate surface area is 187 Å². The minimum absolute atomic E-state index is 0.0930. The summed E-state index contributed by atoms with van der Waals surface area (Å²) in [5.74, 6) is -2.73. The van der Waals surface area contributed by atoms with Gasteiger partial charge in [-0.1, -0.05) is 27.7 Å². The molecule has 0 aromatic carbocycles. The number of ketones is 1. The van der Waals surface area contributed by atoms with E-state index in [0.717, 1.165) is 17.1 Å². The van der Waals surface area contributed by atoms with Crippen LogP contribution >= 0.6 is 0 Å². The van der Waals surface area contributed by atoms with Crippen molar-refractivity contribution in [1.29, 1.82) is 0 Å². The largest absolute Gasteiger partial charge is 0.352 e. The third-order valence-corrected chi connectivity index (χ3v) is 4.93. The molecule has 1 rings (SSSR count). The molecule has 2 atom stereocenters. The Balaban J connectivity index is 2.71. The highest BCUT2D eigenvalue weighted by atomic mass is 16.2. The van der Waals surface area contributed by atoms with Gasteiger partial charge in [-0.3, -0.25) is 28.9 Å². The number of hydrogen-bond donors (Lipinski definition) is 4. The van der Waals surface area contributed by atoms with Crippen LogP contribution < -0.4 is 21.7 Å². The van der Waals surface area contributed by atoms with Crippen LogP contribution in [0.4, 0.5) is 4.79 Å². The molecule has 11 heteroatoms. The van der Waals surface area contributed by atoms with Crippen molar-refractivity contribution in [3.8, 4) is 0 Å². The molecule has 0 aromatic heterocycles. The van der Waals surface area contributed by atoms with E-state index in [1.165, 1.54) is 0 Å². The van der Waals surface area contributed by atoms with Crippen molar-refractivity contribution in [3.63, 3.8) is 0 Å². The smallest absolute Gasteiger partial charge is 0.312 e. The molecule has 0 spiro atoms. The molecule has 0 aromatic rings. The summed E-state index contributed by atoms with van der Waals surface area (Å²) in [4.78, 5) is 72.7. The monoisotopic (exact) mass is 451 g/mol. The van der Waals surface area contributed by atoms with Crippen LogP contribution in [0, 0.1) is 11.8 Å². The number of nitrogens with zero attached hydrogens (tertiary/aromatic N) is 1. The fourth-order valence-electron chi connectivity index (χ4n) is 3.11. The van der Waals surface area contributed by atoms with E-state index in [0.29, 0.717) is 12.8 Å². The number of nitrogens with two attached hydrogens (primary N) is 1. The molecule has 1 unspecified atom stereocenters. The Kier molecular flexibility index (Phi) is 10.5. The maximum absolute atomic E-state index is 12.9. The van der Waals surface area contributed by atoms with Crippen molar-refractivity contribution in [3.05, 3.63) is 12.2 Å². The fourth-order valence-corrected chi connectivity index (χ4v) is 3.11. The molecule has 32 heavy (non-hydrogen) atoms. The van der Waals surface area contributed by atoms with Gasteiger partial charge in [-0.2, -0.15) is 0 Å². The summed E-state index contributed by atoms with van der Waals surface area (Å²) >= 11 is 0. The average Bonchev–Trinajstić information content (AvgIpc) is 3.03. The third-order valence-electron chi connectivity index (χ3n) is 4.93. The number of imide groups is 1. The molecule has 0 saturated carbocycles. The predicted molar refractivity (Wildman–Crippen MR) is 116 cm³/mol. The molecule has 178 valence electrons. The first kappa shape index (κ1) is 26.8. The molecule has 0 bridgehead atoms. The Hall–Kier alpha value is -3.24. The molecule has 0 aliphatic carbocycles. The van der Waals surface area contributed by atoms with Gasteiger partial charge in [-0.25, -0.2) is 4.79 Å². The van der Waals surface area contributed by atoms with Gasteiger partial charge in [0.2, 0.25) is 11.8 Å². The lowest BCUT2D eigenvalue weighted by molar-refractivity contribution is -0.137. The molecule has 0 saturated heterocycles. The highest BCUT2D eigenvalue weighted by Crippen LogP contribution is 2.10. The molecule has 0 fully saturated rings. The molecular formula is C21H33N5O6. The minimum Gasteiger partial charge on any atom is -0.352 e. The molecular weight excluding hydrogens is 418 g/mol. The van der Waals surface area contributed by atoms with Crippen LogP contribution in [-0.2, 0) is 24.0 Å². The Bertz CT molecular complexity index is 759. The van der Waals surface area contributed by atoms with E-state index in [9.17, 15) is 28.8 Å². The van der Waals surface area contributed by atoms with Crippen LogP contribution in [0.2, 0.25) is 0 Å². The van der Waals surface area contributed by atoms with Gasteiger partial charge in [0.25, 0.3) is 11.8 Å². The minimum atomic E-state index is -0.906. The molecule has 6 amide bonds. The van der Waals surface area contributed by atoms with E-state index < -0.39 is 41.7 Å². The van der Waals surface area contributed by atoms with Crippen LogP contribution in [0.5, 0.6) is 0 Å². The standard InChI is InChI=1S/C21H33N5O6/c1-12(2)18(25-15(27)9-11-26-16(28)7-8-17(26)29)20(31)24-14(19(30)13(3)4)6-5-10-23-21(22)32/h7-8,12-14,18H,5-6,9-11H2,1-4H3,(H,24,31)(H,25,27)(H3,22,23,32)/t14-,18?/m0/s1. The zero-order chi connectivity index (χ0) is 24.4. The quantitative estimate of drug-likeness (QED) is 0.219. The van der Waals surface area contributed by atoms with Crippen molar-refractivity contribution in [2.45, 2.75) is 59.0 Å². The maximum Gasteiger partial charge on any atom is 0.312 e. The average molecular weight is 452 g/mol. The number of primary amides is 1. The van der Waals surface area contributed by atoms with E-state index in [2.05, 4.69) is 16.0 Å². The molecule has 5 N–H and O–H groups in total. The first-order valence-corrected chi connectivity index (χ1v) is 10.6. The van der Waals surface area contributed by atoms with Crippen molar-refractivity contribution in [2.24, 2.45) is 17.6 Å². The zero-order valence-corrected chi connectivity index (χ0v) is 19.0. The fraction of sp³-hybridized carbons (Fsp3) is 0.619. The normalized spacial score (nSPS) is 15.1. The molecule has 1 aliphatic rings. The molecule has 1 aliphatic heterocycles. The number of carbonyl (C=O) groups excluding carboxylic acids is 6. The number of urea groups is 1. The zero-order valence-electron chi connectivity index (χ0n) is 19.0. The Morgan fingerprint density at radius 2 is 1.59 bits per heavy atom. The van der Waals surface area contributed by atoms with Crippen LogP contribution in [0.15, 0.2) is 12.2 Å². The molecule has 0 radical (unpaired) electrons. The second-order valence-electron chi connectivity index (χ2n) is 8.25. The van der Waals surface area contributed by atoms with E-state index >= 15 is 0 Å². The SMILES string of the molecule is CC(C)C(=O)[C@H](CCCNC(N)=O)NC(=O)C(NC(=O)CCN1C(=O)C=CC1=O)C(C)C. The van der Waals surface area contributed by atoms with Gasteiger partial charge in [-0.05, 0) is 18.8 Å². The van der Waals surface area contributed by atoms with Gasteiger partial charge < -0.3 is 21.7 Å². The third kappa shape index (κ3) is 8.48. The topological polar surface area (TPSA) is 168 Å². The first-order chi connectivity index (χ1) is 14.9. The van der Waals surface area contributed by atoms with Crippen LogP contribution in [0.3, 0.4) is 0 Å². The number of rotatable bonds is 13. The van der Waals surface area contributed by atoms with Crippen LogP contribution in [0.1, 0.15) is 47.0 Å². The van der Waals surface area contributed by atoms with Crippen molar-refractivity contribution in [1.82, 2.24) is 20.9 Å². The summed E-state index contributed by atoms with van der Waals surface area (Å²) < 4.78 is 0. The lowest BCUT2D eigenvalue weighted by Gasteiger charge is -2.26. The molecule has 11 nitrogen and oxygen atoms in total. The summed E-state index contributed by atoms with van der Waals surface area (Å²) in [6.45, 7) is 7.11. The number of amides is 6. The lowest BCUT2D eigenvalue weighted by Crippen LogP contribution is -2.54. The van der Waals surface area contributed by atoms with Crippen molar-refractivity contribution < 1.29 is 28.8 Å². The van der Waals surface area contributed by atoms with E-state index in [1.807, 2.05) is 0 Å². The van der Waals surface area contributed by atoms with E-state index in [1.54, 1.807) is 27.7 Å². The van der Waals surface area contributed by atoms with Gasteiger partial charge >= 0.3 is 6.03 Å². The van der Waals surface area contributed by atoms with Gasteiger partial charge in [-0.15, -0.1) is 0 Å². The van der Waals surface area contributed by atoms with Gasteiger partial charge in [0, 0.05) is 37.6 Å². The Morgan fingerprint density at radius 1 is 1.00 bits per heavy atom. The summed E-state index contributed by atoms with van der Waals surface area (Å²) in [5.41, 5.74) is 5.03. The van der Waals surface area contributed by atoms with Gasteiger partial charge in [0.05, 0.1) is 6.04 Å². The maximum atomic E-state index is 12.9. The van der Waals surface area contributed by atoms with Crippen LogP contribution in [0.25, 0.3) is 0 Å². The van der Waals surface area contributed by atoms with Gasteiger partial charge in [0.1, 0.15) is 6.04 Å². The van der Waals surface area contributed by atoms with Gasteiger partial charge in [0.15, 0.2) is 5.78 Å². The van der Waals surface area contributed by atoms with E-state index in [-0.39, 0.29) is 37.1 Å². The van der Waals surface area contributed by atoms with E-state index in [4.69, 9.17) is 5.73 Å². The first-order valence-electron chi connectivity index (χ1n) is 10.6. The number of Topliss-reactive ketones (excluding diaryl/α,β-unsaturated/α-hetero) is 1. The summed E-state index contributed by atoms with van der Waals surface area (Å²) in [7, 11) is 0. The second-order valence-corrected chi connectivity index (χ2v) is 8.25. The van der Waals surface area contributed by atoms with Crippen molar-refractivity contribution in [2.75, 3.05) is 13.1 Å². The summed E-state index contributed by atoms with van der Waals surface area (Å²) in [6, 6.07) is -2.35. The molecule has 1 heterocycles. The summed E-state index contributed by atoms with van der Waals surface area (Å²) in [5, 5.41) is 7.76. The second kappa shape index (κ2) is 12.6. The highest BCUT2D eigenvalue weighted by molar-refractivity contribution is 6.13. The van der Waals surface area contributed by atoms with Crippen molar-refractivity contribution >= 4 is 35.4 Å². The number of hydrogen-bond acceptors (Lipinski definition) is 6. The number of carbonyl (C=O) groups is 6. The van der Waals surface area contributed by atoms with Crippen LogP contribution in [-0.4, -0.2) is 65.5 Å². The predicted octanol–water partition coefficient (Wildman–Crippen LogP) is -0.399. The summed E-state index contributed by atoms with van der Waals surface area (Å²) in [6.07, 6.45) is 2.85.